The average Bonchev–Trinajstić information content (AvgIpc) is 2.43. The van der Waals surface area contributed by atoms with Crippen LogP contribution in [0.3, 0.4) is 0 Å². The zero-order valence-corrected chi connectivity index (χ0v) is 14.7. The second-order valence-corrected chi connectivity index (χ2v) is 7.26. The van der Waals surface area contributed by atoms with Gasteiger partial charge in [0, 0.05) is 5.54 Å². The summed E-state index contributed by atoms with van der Waals surface area (Å²) in [6.45, 7) is 6.82. The molecular formula is C19H32N2. The summed E-state index contributed by atoms with van der Waals surface area (Å²) in [6, 6.07) is 7.30. The molecule has 0 aliphatic heterocycles. The Hall–Kier alpha value is -0.860. The first-order chi connectivity index (χ1) is 9.90. The summed E-state index contributed by atoms with van der Waals surface area (Å²) >= 11 is 0. The lowest BCUT2D eigenvalue weighted by atomic mass is 9.69. The van der Waals surface area contributed by atoms with Gasteiger partial charge in [0.2, 0.25) is 0 Å². The number of nitrogens with one attached hydrogen (secondary N) is 1. The van der Waals surface area contributed by atoms with Crippen LogP contribution in [0.5, 0.6) is 0 Å². The SMILES string of the molecule is CNC(c1ccc(C)cc1C)C1(N(C)C)CCC(C)CC1. The topological polar surface area (TPSA) is 15.3 Å². The Balaban J connectivity index is 2.41. The van der Waals surface area contributed by atoms with Gasteiger partial charge in [0.1, 0.15) is 0 Å². The fourth-order valence-corrected chi connectivity index (χ4v) is 4.12. The molecule has 1 aromatic carbocycles. The third kappa shape index (κ3) is 3.17. The van der Waals surface area contributed by atoms with Crippen LogP contribution in [0.4, 0.5) is 0 Å². The molecule has 1 fully saturated rings. The number of likely N-dealkylation sites (N-methyl/N-ethyl adjacent to an activating group) is 2. The van der Waals surface area contributed by atoms with Crippen LogP contribution in [0, 0.1) is 19.8 Å². The van der Waals surface area contributed by atoms with Crippen LogP contribution in [0.25, 0.3) is 0 Å². The van der Waals surface area contributed by atoms with E-state index in [-0.39, 0.29) is 5.54 Å². The Morgan fingerprint density at radius 1 is 1.19 bits per heavy atom. The molecule has 0 radical (unpaired) electrons. The van der Waals surface area contributed by atoms with Crippen molar-refractivity contribution in [1.29, 1.82) is 0 Å². The van der Waals surface area contributed by atoms with Crippen molar-refractivity contribution in [2.75, 3.05) is 21.1 Å². The predicted molar refractivity (Wildman–Crippen MR) is 91.8 cm³/mol. The molecular weight excluding hydrogens is 256 g/mol. The van der Waals surface area contributed by atoms with Crippen LogP contribution in [0.15, 0.2) is 18.2 Å². The summed E-state index contributed by atoms with van der Waals surface area (Å²) < 4.78 is 0. The molecule has 0 bridgehead atoms. The van der Waals surface area contributed by atoms with E-state index in [0.717, 1.165) is 5.92 Å². The molecule has 0 spiro atoms. The maximum atomic E-state index is 3.64. The monoisotopic (exact) mass is 288 g/mol. The summed E-state index contributed by atoms with van der Waals surface area (Å²) in [7, 11) is 6.63. The first kappa shape index (κ1) is 16.5. The second kappa shape index (κ2) is 6.50. The van der Waals surface area contributed by atoms with E-state index in [1.807, 2.05) is 0 Å². The van der Waals surface area contributed by atoms with Crippen molar-refractivity contribution >= 4 is 0 Å². The number of benzene rings is 1. The van der Waals surface area contributed by atoms with Crippen molar-refractivity contribution in [3.63, 3.8) is 0 Å². The Morgan fingerprint density at radius 2 is 1.81 bits per heavy atom. The quantitative estimate of drug-likeness (QED) is 0.898. The molecule has 2 rings (SSSR count). The van der Waals surface area contributed by atoms with E-state index in [4.69, 9.17) is 0 Å². The van der Waals surface area contributed by atoms with Gasteiger partial charge in [-0.15, -0.1) is 0 Å². The molecule has 0 aromatic heterocycles. The molecule has 1 unspecified atom stereocenters. The zero-order valence-electron chi connectivity index (χ0n) is 14.7. The van der Waals surface area contributed by atoms with Gasteiger partial charge in [-0.3, -0.25) is 0 Å². The smallest absolute Gasteiger partial charge is 0.0507 e. The van der Waals surface area contributed by atoms with Crippen LogP contribution < -0.4 is 5.32 Å². The standard InChI is InChI=1S/C19H32N2/c1-14-9-11-19(12-10-14,21(5)6)18(20-4)17-8-7-15(2)13-16(17)3/h7-8,13-14,18,20H,9-12H2,1-6H3. The Bertz CT molecular complexity index is 470. The molecule has 0 heterocycles. The third-order valence-electron chi connectivity index (χ3n) is 5.59. The maximum Gasteiger partial charge on any atom is 0.0507 e. The fraction of sp³-hybridized carbons (Fsp3) is 0.684. The van der Waals surface area contributed by atoms with Crippen LogP contribution in [0.1, 0.15) is 55.3 Å². The van der Waals surface area contributed by atoms with Gasteiger partial charge in [-0.05, 0) is 77.7 Å². The molecule has 0 amide bonds. The van der Waals surface area contributed by atoms with Crippen molar-refractivity contribution in [2.45, 2.75) is 58.0 Å². The number of hydrogen-bond acceptors (Lipinski definition) is 2. The summed E-state index contributed by atoms with van der Waals surface area (Å²) in [6.07, 6.45) is 5.22. The van der Waals surface area contributed by atoms with Gasteiger partial charge in [-0.2, -0.15) is 0 Å². The molecule has 2 nitrogen and oxygen atoms in total. The number of aryl methyl sites for hydroxylation is 2. The summed E-state index contributed by atoms with van der Waals surface area (Å²) in [5.74, 6) is 0.870. The lowest BCUT2D eigenvalue weighted by Crippen LogP contribution is -2.55. The second-order valence-electron chi connectivity index (χ2n) is 7.26. The van der Waals surface area contributed by atoms with E-state index < -0.39 is 0 Å². The maximum absolute atomic E-state index is 3.64. The lowest BCUT2D eigenvalue weighted by molar-refractivity contribution is 0.0453. The zero-order chi connectivity index (χ0) is 15.6. The molecule has 1 atom stereocenters. The van der Waals surface area contributed by atoms with Gasteiger partial charge in [-0.25, -0.2) is 0 Å². The van der Waals surface area contributed by atoms with Crippen LogP contribution in [-0.4, -0.2) is 31.6 Å². The minimum atomic E-state index is 0.237. The third-order valence-corrected chi connectivity index (χ3v) is 5.59. The average molecular weight is 288 g/mol. The van der Waals surface area contributed by atoms with E-state index >= 15 is 0 Å². The van der Waals surface area contributed by atoms with Crippen molar-refractivity contribution in [2.24, 2.45) is 5.92 Å². The first-order valence-electron chi connectivity index (χ1n) is 8.32. The first-order valence-corrected chi connectivity index (χ1v) is 8.32. The van der Waals surface area contributed by atoms with Crippen molar-refractivity contribution in [3.8, 4) is 0 Å². The summed E-state index contributed by atoms with van der Waals surface area (Å²) in [4.78, 5) is 2.47. The van der Waals surface area contributed by atoms with Gasteiger partial charge >= 0.3 is 0 Å². The predicted octanol–water partition coefficient (Wildman–Crippen LogP) is 4.07. The molecule has 1 aliphatic rings. The minimum Gasteiger partial charge on any atom is -0.311 e. The van der Waals surface area contributed by atoms with Crippen molar-refractivity contribution in [1.82, 2.24) is 10.2 Å². The van der Waals surface area contributed by atoms with Gasteiger partial charge in [-0.1, -0.05) is 30.7 Å². The van der Waals surface area contributed by atoms with E-state index in [0.29, 0.717) is 6.04 Å². The van der Waals surface area contributed by atoms with E-state index in [1.54, 1.807) is 0 Å². The molecule has 2 heteroatoms. The normalized spacial score (nSPS) is 27.9. The highest BCUT2D eigenvalue weighted by Crippen LogP contribution is 2.44. The van der Waals surface area contributed by atoms with Crippen molar-refractivity contribution < 1.29 is 0 Å². The lowest BCUT2D eigenvalue weighted by Gasteiger charge is -2.50. The van der Waals surface area contributed by atoms with Gasteiger partial charge in [0.15, 0.2) is 0 Å². The summed E-state index contributed by atoms with van der Waals surface area (Å²) in [5, 5.41) is 3.64. The minimum absolute atomic E-state index is 0.237. The highest BCUT2D eigenvalue weighted by molar-refractivity contribution is 5.35. The molecule has 21 heavy (non-hydrogen) atoms. The fourth-order valence-electron chi connectivity index (χ4n) is 4.12. The Morgan fingerprint density at radius 3 is 2.29 bits per heavy atom. The van der Waals surface area contributed by atoms with E-state index in [9.17, 15) is 0 Å². The molecule has 0 saturated heterocycles. The van der Waals surface area contributed by atoms with Gasteiger partial charge < -0.3 is 10.2 Å². The van der Waals surface area contributed by atoms with Crippen LogP contribution in [-0.2, 0) is 0 Å². The number of nitrogens with zero attached hydrogens (tertiary/aromatic N) is 1. The molecule has 118 valence electrons. The van der Waals surface area contributed by atoms with Gasteiger partial charge in [0.05, 0.1) is 6.04 Å². The van der Waals surface area contributed by atoms with E-state index in [2.05, 4.69) is 70.3 Å². The van der Waals surface area contributed by atoms with Gasteiger partial charge in [0.25, 0.3) is 0 Å². The van der Waals surface area contributed by atoms with Crippen LogP contribution in [0.2, 0.25) is 0 Å². The molecule has 1 aliphatic carbocycles. The molecule has 1 saturated carbocycles. The van der Waals surface area contributed by atoms with Crippen LogP contribution >= 0.6 is 0 Å². The highest BCUT2D eigenvalue weighted by atomic mass is 15.2. The largest absolute Gasteiger partial charge is 0.311 e. The Labute approximate surface area is 130 Å². The Kier molecular flexibility index (Phi) is 5.11. The highest BCUT2D eigenvalue weighted by Gasteiger charge is 2.43. The number of hydrogen-bond donors (Lipinski definition) is 1. The number of rotatable bonds is 4. The van der Waals surface area contributed by atoms with E-state index in [1.165, 1.54) is 42.4 Å². The molecule has 1 aromatic rings. The summed E-state index contributed by atoms with van der Waals surface area (Å²) in [5.41, 5.74) is 4.46. The van der Waals surface area contributed by atoms with Crippen molar-refractivity contribution in [3.05, 3.63) is 34.9 Å². The molecule has 1 N–H and O–H groups in total.